The average Bonchev–Trinajstić information content (AvgIpc) is 2.60. The lowest BCUT2D eigenvalue weighted by atomic mass is 10.1. The summed E-state index contributed by atoms with van der Waals surface area (Å²) in [4.78, 5) is 25.2. The van der Waals surface area contributed by atoms with Gasteiger partial charge in [0.2, 0.25) is 0 Å². The lowest BCUT2D eigenvalue weighted by Crippen LogP contribution is -2.41. The Balaban J connectivity index is 2.35. The highest BCUT2D eigenvalue weighted by molar-refractivity contribution is 6.21. The van der Waals surface area contributed by atoms with E-state index in [-0.39, 0.29) is 0 Å². The van der Waals surface area contributed by atoms with E-state index < -0.39 is 24.5 Å². The quantitative estimate of drug-likeness (QED) is 0.605. The van der Waals surface area contributed by atoms with Gasteiger partial charge in [0.05, 0.1) is 17.2 Å². The number of benzene rings is 1. The molecule has 0 aromatic heterocycles. The third kappa shape index (κ3) is 1.94. The zero-order chi connectivity index (χ0) is 13.3. The first-order chi connectivity index (χ1) is 8.56. The van der Waals surface area contributed by atoms with Gasteiger partial charge < -0.3 is 0 Å². The first-order valence-electron chi connectivity index (χ1n) is 5.73. The molecule has 0 bridgehead atoms. The van der Waals surface area contributed by atoms with Crippen LogP contribution in [0.4, 0.5) is 4.39 Å². The molecule has 0 radical (unpaired) electrons. The lowest BCUT2D eigenvalue weighted by Gasteiger charge is -2.23. The maximum Gasteiger partial charge on any atom is 0.261 e. The van der Waals surface area contributed by atoms with Crippen LogP contribution in [0, 0.1) is 0 Å². The third-order valence-corrected chi connectivity index (χ3v) is 2.95. The van der Waals surface area contributed by atoms with Crippen molar-refractivity contribution in [2.75, 3.05) is 6.67 Å². The van der Waals surface area contributed by atoms with Crippen molar-refractivity contribution in [3.8, 4) is 0 Å². The Labute approximate surface area is 105 Å². The van der Waals surface area contributed by atoms with Crippen molar-refractivity contribution in [2.45, 2.75) is 19.4 Å². The van der Waals surface area contributed by atoms with Crippen LogP contribution in [0.3, 0.4) is 0 Å². The second-order valence-corrected chi connectivity index (χ2v) is 4.50. The number of carbonyl (C=O) groups excluding carboxylic acids is 2. The van der Waals surface area contributed by atoms with Crippen LogP contribution in [0.15, 0.2) is 36.4 Å². The number of amides is 2. The molecule has 0 saturated heterocycles. The minimum absolute atomic E-state index is 0.294. The molecule has 0 N–H and O–H groups in total. The summed E-state index contributed by atoms with van der Waals surface area (Å²) in [7, 11) is 0. The van der Waals surface area contributed by atoms with E-state index in [2.05, 4.69) is 6.58 Å². The second-order valence-electron chi connectivity index (χ2n) is 4.50. The SMILES string of the molecule is C=C(C)CC(CF)N1C(=O)c2ccccc2C1=O. The predicted octanol–water partition coefficient (Wildman–Crippen LogP) is 2.59. The van der Waals surface area contributed by atoms with Crippen LogP contribution in [-0.4, -0.2) is 29.4 Å². The molecule has 2 amide bonds. The van der Waals surface area contributed by atoms with Crippen LogP contribution in [-0.2, 0) is 0 Å². The van der Waals surface area contributed by atoms with E-state index in [4.69, 9.17) is 0 Å². The van der Waals surface area contributed by atoms with Crippen LogP contribution < -0.4 is 0 Å². The molecule has 1 atom stereocenters. The number of nitrogens with zero attached hydrogens (tertiary/aromatic N) is 1. The maximum absolute atomic E-state index is 13.1. The lowest BCUT2D eigenvalue weighted by molar-refractivity contribution is 0.0559. The molecule has 94 valence electrons. The van der Waals surface area contributed by atoms with Crippen LogP contribution in [0.5, 0.6) is 0 Å². The fourth-order valence-electron chi connectivity index (χ4n) is 2.16. The first kappa shape index (κ1) is 12.5. The van der Waals surface area contributed by atoms with Gasteiger partial charge in [-0.15, -0.1) is 6.58 Å². The van der Waals surface area contributed by atoms with Crippen molar-refractivity contribution in [2.24, 2.45) is 0 Å². The number of imide groups is 1. The molecular formula is C14H14FNO2. The van der Waals surface area contributed by atoms with Gasteiger partial charge in [0, 0.05) is 0 Å². The molecule has 2 rings (SSSR count). The Morgan fingerprint density at radius 3 is 2.17 bits per heavy atom. The predicted molar refractivity (Wildman–Crippen MR) is 66.1 cm³/mol. The number of halogens is 1. The molecule has 0 aliphatic carbocycles. The summed E-state index contributed by atoms with van der Waals surface area (Å²) in [6, 6.07) is 5.81. The van der Waals surface area contributed by atoms with Crippen molar-refractivity contribution in [3.05, 3.63) is 47.5 Å². The van der Waals surface area contributed by atoms with Crippen LogP contribution in [0.1, 0.15) is 34.1 Å². The zero-order valence-corrected chi connectivity index (χ0v) is 10.1. The van der Waals surface area contributed by atoms with Gasteiger partial charge in [-0.2, -0.15) is 0 Å². The van der Waals surface area contributed by atoms with Gasteiger partial charge in [0.1, 0.15) is 6.67 Å². The molecular weight excluding hydrogens is 233 g/mol. The maximum atomic E-state index is 13.1. The Hall–Kier alpha value is -1.97. The number of hydrogen-bond donors (Lipinski definition) is 0. The highest BCUT2D eigenvalue weighted by Crippen LogP contribution is 2.26. The zero-order valence-electron chi connectivity index (χ0n) is 10.1. The van der Waals surface area contributed by atoms with E-state index in [0.717, 1.165) is 10.5 Å². The minimum atomic E-state index is -0.755. The fraction of sp³-hybridized carbons (Fsp3) is 0.286. The van der Waals surface area contributed by atoms with Gasteiger partial charge in [-0.3, -0.25) is 14.5 Å². The highest BCUT2D eigenvalue weighted by atomic mass is 19.1. The van der Waals surface area contributed by atoms with Gasteiger partial charge >= 0.3 is 0 Å². The minimum Gasteiger partial charge on any atom is -0.269 e. The molecule has 0 saturated carbocycles. The molecule has 1 aliphatic heterocycles. The van der Waals surface area contributed by atoms with Crippen molar-refractivity contribution in [1.29, 1.82) is 0 Å². The topological polar surface area (TPSA) is 37.4 Å². The summed E-state index contributed by atoms with van der Waals surface area (Å²) in [6.45, 7) is 4.70. The van der Waals surface area contributed by atoms with Gasteiger partial charge in [-0.25, -0.2) is 4.39 Å². The monoisotopic (exact) mass is 247 g/mol. The van der Waals surface area contributed by atoms with Crippen molar-refractivity contribution >= 4 is 11.8 Å². The number of alkyl halides is 1. The Morgan fingerprint density at radius 2 is 1.78 bits per heavy atom. The number of carbonyl (C=O) groups is 2. The second kappa shape index (κ2) is 4.72. The van der Waals surface area contributed by atoms with Crippen LogP contribution >= 0.6 is 0 Å². The smallest absolute Gasteiger partial charge is 0.261 e. The molecule has 3 nitrogen and oxygen atoms in total. The summed E-state index contributed by atoms with van der Waals surface area (Å²) in [5.41, 5.74) is 1.44. The molecule has 1 aromatic carbocycles. The summed E-state index contributed by atoms with van der Waals surface area (Å²) in [5.74, 6) is -0.834. The first-order valence-corrected chi connectivity index (χ1v) is 5.73. The van der Waals surface area contributed by atoms with E-state index in [0.29, 0.717) is 17.5 Å². The van der Waals surface area contributed by atoms with Gasteiger partial charge in [0.25, 0.3) is 11.8 Å². The molecule has 1 aromatic rings. The summed E-state index contributed by atoms with van der Waals surface area (Å²) >= 11 is 0. The van der Waals surface area contributed by atoms with E-state index >= 15 is 0 Å². The third-order valence-electron chi connectivity index (χ3n) is 2.95. The van der Waals surface area contributed by atoms with Gasteiger partial charge in [-0.1, -0.05) is 17.7 Å². The Kier molecular flexibility index (Phi) is 3.28. The van der Waals surface area contributed by atoms with Crippen LogP contribution in [0.25, 0.3) is 0 Å². The molecule has 0 fully saturated rings. The molecule has 0 spiro atoms. The highest BCUT2D eigenvalue weighted by Gasteiger charge is 2.39. The van der Waals surface area contributed by atoms with Crippen LogP contribution in [0.2, 0.25) is 0 Å². The summed E-state index contributed by atoms with van der Waals surface area (Å²) < 4.78 is 13.1. The summed E-state index contributed by atoms with van der Waals surface area (Å²) in [6.07, 6.45) is 0.294. The van der Waals surface area contributed by atoms with Gasteiger partial charge in [0.15, 0.2) is 0 Å². The average molecular weight is 247 g/mol. The molecule has 1 aliphatic rings. The number of fused-ring (bicyclic) bond motifs is 1. The van der Waals surface area contributed by atoms with Crippen molar-refractivity contribution in [1.82, 2.24) is 4.90 Å². The van der Waals surface area contributed by atoms with Crippen molar-refractivity contribution in [3.63, 3.8) is 0 Å². The Bertz CT molecular complexity index is 489. The Morgan fingerprint density at radius 1 is 1.28 bits per heavy atom. The number of rotatable bonds is 4. The molecule has 1 heterocycles. The molecule has 1 unspecified atom stereocenters. The molecule has 18 heavy (non-hydrogen) atoms. The number of hydrogen-bond acceptors (Lipinski definition) is 2. The normalized spacial score (nSPS) is 15.8. The van der Waals surface area contributed by atoms with E-state index in [1.54, 1.807) is 31.2 Å². The van der Waals surface area contributed by atoms with E-state index in [1.165, 1.54) is 0 Å². The van der Waals surface area contributed by atoms with E-state index in [9.17, 15) is 14.0 Å². The van der Waals surface area contributed by atoms with Gasteiger partial charge in [-0.05, 0) is 25.5 Å². The fourth-order valence-corrected chi connectivity index (χ4v) is 2.16. The van der Waals surface area contributed by atoms with Crippen molar-refractivity contribution < 1.29 is 14.0 Å². The standard InChI is InChI=1S/C14H14FNO2/c1-9(2)7-10(8-15)16-13(17)11-5-3-4-6-12(11)14(16)18/h3-6,10H,1,7-8H2,2H3. The summed E-state index contributed by atoms with van der Waals surface area (Å²) in [5, 5.41) is 0. The molecule has 4 heteroatoms. The van der Waals surface area contributed by atoms with E-state index in [1.807, 2.05) is 0 Å². The largest absolute Gasteiger partial charge is 0.269 e.